The molecule has 3 saturated heterocycles. The summed E-state index contributed by atoms with van der Waals surface area (Å²) in [5, 5.41) is 68.8. The topological polar surface area (TPSA) is 236 Å². The number of hydrogen-bond acceptors (Lipinski definition) is 18. The van der Waals surface area contributed by atoms with Crippen LogP contribution >= 0.6 is 11.8 Å². The number of methoxy groups -OCH3 is 1. The van der Waals surface area contributed by atoms with Gasteiger partial charge in [0.25, 0.3) is 0 Å². The molecule has 0 bridgehead atoms. The molecule has 71 heavy (non-hydrogen) atoms. The van der Waals surface area contributed by atoms with Gasteiger partial charge in [-0.2, -0.15) is 0 Å². The van der Waals surface area contributed by atoms with Crippen LogP contribution in [0.2, 0.25) is 0 Å². The summed E-state index contributed by atoms with van der Waals surface area (Å²) < 4.78 is 57.6. The van der Waals surface area contributed by atoms with E-state index in [0.29, 0.717) is 37.4 Å². The SMILES string of the molecule is CC[C@H]1OC(=O)[C@H](C)[C@@H](C2C[C@@](C)(OC)[C@@H](O)[C@H](C)O2)[C@H](C)[C@@H](O[C@@H]2O[C@H](C)C[C@H](N(C)CCc3cn(CCCSc4ccc(S(C)(=O)=O)cc4)nn3)[C@H]2O)[C@](C)(O)C[C@@H](C)CN(C)[C@H](C)[C@@H](O)[C@]1(C)O. The second-order valence-corrected chi connectivity index (χ2v) is 25.1. The van der Waals surface area contributed by atoms with Crippen molar-refractivity contribution >= 4 is 27.6 Å². The molecule has 18 atom stereocenters. The number of aliphatic hydroxyl groups is 5. The fraction of sp³-hybridized carbons (Fsp3) is 0.824. The van der Waals surface area contributed by atoms with Crippen LogP contribution in [0.3, 0.4) is 0 Å². The third-order valence-corrected chi connectivity index (χ3v) is 18.0. The van der Waals surface area contributed by atoms with Crippen LogP contribution in [0.25, 0.3) is 0 Å². The zero-order chi connectivity index (χ0) is 53.0. The van der Waals surface area contributed by atoms with Gasteiger partial charge in [0.2, 0.25) is 0 Å². The van der Waals surface area contributed by atoms with Gasteiger partial charge in [0.15, 0.2) is 16.1 Å². The first-order chi connectivity index (χ1) is 33.0. The zero-order valence-corrected chi connectivity index (χ0v) is 46.3. The van der Waals surface area contributed by atoms with Crippen molar-refractivity contribution in [3.63, 3.8) is 0 Å². The predicted octanol–water partition coefficient (Wildman–Crippen LogP) is 3.96. The number of aromatic nitrogens is 3. The first kappa shape index (κ1) is 59.6. The van der Waals surface area contributed by atoms with Gasteiger partial charge >= 0.3 is 5.97 Å². The predicted molar refractivity (Wildman–Crippen MR) is 270 cm³/mol. The Labute approximate surface area is 427 Å². The highest BCUT2D eigenvalue weighted by atomic mass is 32.2. The number of benzene rings is 1. The van der Waals surface area contributed by atoms with Gasteiger partial charge in [-0.05, 0) is 123 Å². The fourth-order valence-corrected chi connectivity index (χ4v) is 12.9. The molecule has 18 nitrogen and oxygen atoms in total. The van der Waals surface area contributed by atoms with Crippen molar-refractivity contribution in [2.45, 2.75) is 208 Å². The molecule has 2 aromatic rings. The highest BCUT2D eigenvalue weighted by Gasteiger charge is 2.55. The summed E-state index contributed by atoms with van der Waals surface area (Å²) in [6, 6.07) is 5.93. The average Bonchev–Trinajstić information content (AvgIpc) is 3.76. The third kappa shape index (κ3) is 14.5. The summed E-state index contributed by atoms with van der Waals surface area (Å²) in [4.78, 5) is 19.9. The monoisotopic (exact) mass is 1040 g/mol. The Bertz CT molecular complexity index is 2110. The van der Waals surface area contributed by atoms with Crippen molar-refractivity contribution < 1.29 is 62.4 Å². The van der Waals surface area contributed by atoms with E-state index in [-0.39, 0.29) is 31.3 Å². The van der Waals surface area contributed by atoms with E-state index in [0.717, 1.165) is 22.8 Å². The summed E-state index contributed by atoms with van der Waals surface area (Å²) in [6.45, 7) is 19.6. The molecule has 0 saturated carbocycles. The van der Waals surface area contributed by atoms with Crippen molar-refractivity contribution in [1.82, 2.24) is 24.8 Å². The lowest BCUT2D eigenvalue weighted by Gasteiger charge is -2.51. The molecular weight excluding hydrogens is 955 g/mol. The van der Waals surface area contributed by atoms with E-state index in [1.165, 1.54) is 20.3 Å². The highest BCUT2D eigenvalue weighted by Crippen LogP contribution is 2.45. The number of hydrogen-bond donors (Lipinski definition) is 5. The van der Waals surface area contributed by atoms with Gasteiger partial charge in [0.1, 0.15) is 30.0 Å². The van der Waals surface area contributed by atoms with Gasteiger partial charge in [-0.15, -0.1) is 16.9 Å². The number of aryl methyl sites for hydroxylation is 1. The number of nitrogens with zero attached hydrogens (tertiary/aromatic N) is 5. The third-order valence-electron chi connectivity index (χ3n) is 15.8. The van der Waals surface area contributed by atoms with Gasteiger partial charge in [0.05, 0.1) is 52.1 Å². The molecule has 5 rings (SSSR count). The number of cyclic esters (lactones) is 1. The maximum atomic E-state index is 14.6. The normalized spacial score (nSPS) is 39.7. The van der Waals surface area contributed by atoms with Crippen LogP contribution in [0, 0.1) is 23.7 Å². The largest absolute Gasteiger partial charge is 0.459 e. The van der Waals surface area contributed by atoms with E-state index in [9.17, 15) is 38.7 Å². The summed E-state index contributed by atoms with van der Waals surface area (Å²) >= 11 is 1.65. The molecule has 20 heteroatoms. The number of likely N-dealkylation sites (N-methyl/N-ethyl adjacent to an activating group) is 2. The zero-order valence-electron chi connectivity index (χ0n) is 44.7. The minimum Gasteiger partial charge on any atom is -0.459 e. The van der Waals surface area contributed by atoms with Crippen molar-refractivity contribution in [1.29, 1.82) is 0 Å². The smallest absolute Gasteiger partial charge is 0.309 e. The van der Waals surface area contributed by atoms with Crippen LogP contribution in [0.5, 0.6) is 0 Å². The summed E-state index contributed by atoms with van der Waals surface area (Å²) in [5.41, 5.74) is -3.66. The standard InChI is InChI=1S/C51H87N5O13S2/c1-15-41-51(10,62)44(58)34(6)55(12)28-30(2)26-49(8,61)46(32(4)42(33(5)47(60)68-41)40-27-50(9,65-13)45(59)35(7)67-40)69-48-43(57)39(25-31(3)66-48)54(11)23-21-36-29-56(53-52-36)22-16-24-70-37-17-19-38(20-18-37)71(14,63)64/h17-20,29-35,39-46,48,57-59,61-62H,15-16,21-28H2,1-14H3/t30-,31-,32+,33-,34-,35+,39+,40?,41-,42+,43-,44-,45+,46-,48+,49-,50-,51-/m1/s1. The molecule has 4 heterocycles. The maximum Gasteiger partial charge on any atom is 0.309 e. The number of carbonyl (C=O) groups is 1. The molecule has 0 amide bonds. The van der Waals surface area contributed by atoms with Crippen LogP contribution in [-0.4, -0.2) is 195 Å². The van der Waals surface area contributed by atoms with E-state index in [4.69, 9.17) is 23.7 Å². The minimum atomic E-state index is -3.24. The molecule has 3 aliphatic heterocycles. The second kappa shape index (κ2) is 24.6. The number of rotatable bonds is 15. The molecule has 5 N–H and O–H groups in total. The minimum absolute atomic E-state index is 0.174. The molecule has 1 unspecified atom stereocenters. The lowest BCUT2D eigenvalue weighted by Crippen LogP contribution is -2.62. The Morgan fingerprint density at radius 3 is 2.27 bits per heavy atom. The van der Waals surface area contributed by atoms with Crippen molar-refractivity contribution in [3.8, 4) is 0 Å². The maximum absolute atomic E-state index is 14.6. The van der Waals surface area contributed by atoms with Crippen LogP contribution in [-0.2, 0) is 51.3 Å². The molecule has 0 radical (unpaired) electrons. The van der Waals surface area contributed by atoms with Gasteiger partial charge in [-0.1, -0.05) is 32.9 Å². The van der Waals surface area contributed by atoms with Gasteiger partial charge < -0.3 is 59.0 Å². The number of carbonyl (C=O) groups excluding carboxylic acids is 1. The molecular formula is C51H87N5O13S2. The van der Waals surface area contributed by atoms with Crippen LogP contribution in [0.15, 0.2) is 40.3 Å². The van der Waals surface area contributed by atoms with Crippen LogP contribution in [0.1, 0.15) is 107 Å². The molecule has 1 aromatic carbocycles. The summed E-state index contributed by atoms with van der Waals surface area (Å²) in [7, 11) is 2.08. The Morgan fingerprint density at radius 2 is 1.65 bits per heavy atom. The first-order valence-electron chi connectivity index (χ1n) is 25.5. The quantitative estimate of drug-likeness (QED) is 0.0965. The van der Waals surface area contributed by atoms with Gasteiger partial charge in [-0.25, -0.2) is 8.42 Å². The Morgan fingerprint density at radius 1 is 0.986 bits per heavy atom. The molecule has 0 aliphatic carbocycles. The van der Waals surface area contributed by atoms with E-state index in [1.807, 2.05) is 69.7 Å². The molecule has 406 valence electrons. The lowest BCUT2D eigenvalue weighted by atomic mass is 9.68. The van der Waals surface area contributed by atoms with Crippen LogP contribution < -0.4 is 0 Å². The summed E-state index contributed by atoms with van der Waals surface area (Å²) in [6.07, 6.45) is -2.85. The molecule has 3 fully saturated rings. The Hall–Kier alpha value is -2.31. The Balaban J connectivity index is 1.38. The van der Waals surface area contributed by atoms with E-state index < -0.39 is 111 Å². The molecule has 0 spiro atoms. The number of ether oxygens (including phenoxy) is 5. The summed E-state index contributed by atoms with van der Waals surface area (Å²) in [5.74, 6) is -2.33. The second-order valence-electron chi connectivity index (χ2n) is 21.9. The lowest BCUT2D eigenvalue weighted by molar-refractivity contribution is -0.302. The average molecular weight is 1040 g/mol. The van der Waals surface area contributed by atoms with E-state index >= 15 is 0 Å². The van der Waals surface area contributed by atoms with E-state index in [2.05, 4.69) is 15.2 Å². The number of thioether (sulfide) groups is 1. The number of esters is 1. The van der Waals surface area contributed by atoms with E-state index in [1.54, 1.807) is 58.5 Å². The number of sulfone groups is 1. The van der Waals surface area contributed by atoms with Crippen LogP contribution in [0.4, 0.5) is 0 Å². The van der Waals surface area contributed by atoms with Crippen molar-refractivity contribution in [3.05, 3.63) is 36.2 Å². The molecule has 3 aliphatic rings. The highest BCUT2D eigenvalue weighted by molar-refractivity contribution is 7.99. The Kier molecular flexibility index (Phi) is 20.6. The van der Waals surface area contributed by atoms with Gasteiger partial charge in [-0.3, -0.25) is 9.48 Å². The van der Waals surface area contributed by atoms with Crippen molar-refractivity contribution in [2.75, 3.05) is 46.3 Å². The number of aliphatic hydroxyl groups excluding tert-OH is 3. The molecule has 1 aromatic heterocycles. The first-order valence-corrected chi connectivity index (χ1v) is 28.4. The fourth-order valence-electron chi connectivity index (χ4n) is 11.4. The van der Waals surface area contributed by atoms with Crippen molar-refractivity contribution in [2.24, 2.45) is 23.7 Å². The van der Waals surface area contributed by atoms with Gasteiger partial charge in [0, 0.05) is 74.9 Å².